The molecule has 1 N–H and O–H groups in total. The van der Waals surface area contributed by atoms with Gasteiger partial charge in [-0.2, -0.15) is 0 Å². The summed E-state index contributed by atoms with van der Waals surface area (Å²) in [5.41, 5.74) is 5.79. The number of rotatable bonds is 1. The van der Waals surface area contributed by atoms with E-state index in [4.69, 9.17) is 0 Å². The molecule has 3 aliphatic rings. The van der Waals surface area contributed by atoms with Crippen molar-refractivity contribution in [2.45, 2.75) is 37.3 Å². The zero-order valence-electron chi connectivity index (χ0n) is 14.1. The highest BCUT2D eigenvalue weighted by molar-refractivity contribution is 5.98. The quantitative estimate of drug-likeness (QED) is 0.745. The molecule has 2 heterocycles. The Labute approximate surface area is 145 Å². The Morgan fingerprint density at radius 3 is 3.04 bits per heavy atom. The standard InChI is InChI=1S/C21H19N3O/c1-21-10-18-19(21)17(9-12-4-2-3-5-14(12)21)24(18)20(25)13-6-7-15-16(8-13)23-11-22-15/h2-8,11,17-19H,9-10H2,1H3,(H,22,23)/t17?,18-,19?,21-/m0/s1. The molecule has 2 aliphatic carbocycles. The van der Waals surface area contributed by atoms with Crippen LogP contribution in [0, 0.1) is 5.92 Å². The number of aromatic nitrogens is 2. The van der Waals surface area contributed by atoms with Gasteiger partial charge in [0.05, 0.1) is 17.4 Å². The second-order valence-electron chi connectivity index (χ2n) is 7.99. The molecule has 2 unspecified atom stereocenters. The molecule has 4 nitrogen and oxygen atoms in total. The van der Waals surface area contributed by atoms with Gasteiger partial charge in [0, 0.05) is 29.0 Å². The monoisotopic (exact) mass is 329 g/mol. The van der Waals surface area contributed by atoms with Crippen molar-refractivity contribution >= 4 is 16.9 Å². The third-order valence-electron chi connectivity index (χ3n) is 6.88. The fraction of sp³-hybridized carbons (Fsp3) is 0.333. The highest BCUT2D eigenvalue weighted by Crippen LogP contribution is 2.63. The third kappa shape index (κ3) is 1.53. The van der Waals surface area contributed by atoms with Gasteiger partial charge in [-0.25, -0.2) is 4.98 Å². The van der Waals surface area contributed by atoms with Gasteiger partial charge in [0.25, 0.3) is 5.91 Å². The average molecular weight is 329 g/mol. The summed E-state index contributed by atoms with van der Waals surface area (Å²) in [7, 11) is 0. The van der Waals surface area contributed by atoms with E-state index in [0.717, 1.165) is 29.4 Å². The van der Waals surface area contributed by atoms with Gasteiger partial charge in [-0.15, -0.1) is 0 Å². The molecule has 3 aromatic rings. The molecule has 0 radical (unpaired) electrons. The van der Waals surface area contributed by atoms with Crippen molar-refractivity contribution in [3.05, 3.63) is 65.5 Å². The van der Waals surface area contributed by atoms with Crippen LogP contribution >= 0.6 is 0 Å². The van der Waals surface area contributed by atoms with Gasteiger partial charge in [0.15, 0.2) is 0 Å². The van der Waals surface area contributed by atoms with Gasteiger partial charge in [0.1, 0.15) is 0 Å². The first-order valence-electron chi connectivity index (χ1n) is 9.01. The first-order chi connectivity index (χ1) is 12.2. The minimum absolute atomic E-state index is 0.171. The Kier molecular flexibility index (Phi) is 2.35. The predicted molar refractivity (Wildman–Crippen MR) is 95.4 cm³/mol. The zero-order chi connectivity index (χ0) is 16.8. The molecular weight excluding hydrogens is 310 g/mol. The molecule has 1 aromatic heterocycles. The Bertz CT molecular complexity index is 1040. The fourth-order valence-electron chi connectivity index (χ4n) is 5.75. The van der Waals surface area contributed by atoms with Crippen molar-refractivity contribution in [2.75, 3.05) is 0 Å². The normalized spacial score (nSPS) is 31.7. The molecule has 2 aromatic carbocycles. The minimum Gasteiger partial charge on any atom is -0.345 e. The Balaban J connectivity index is 1.37. The summed E-state index contributed by atoms with van der Waals surface area (Å²) in [6, 6.07) is 15.3. The fourth-order valence-corrected chi connectivity index (χ4v) is 5.75. The van der Waals surface area contributed by atoms with Crippen LogP contribution in [0.25, 0.3) is 11.0 Å². The van der Waals surface area contributed by atoms with E-state index in [2.05, 4.69) is 46.1 Å². The van der Waals surface area contributed by atoms with Crippen LogP contribution in [0.1, 0.15) is 34.8 Å². The van der Waals surface area contributed by atoms with Gasteiger partial charge in [-0.05, 0) is 42.2 Å². The molecule has 0 bridgehead atoms. The number of nitrogens with one attached hydrogen (secondary N) is 1. The number of nitrogens with zero attached hydrogens (tertiary/aromatic N) is 2. The van der Waals surface area contributed by atoms with Crippen LogP contribution in [-0.2, 0) is 11.8 Å². The lowest BCUT2D eigenvalue weighted by Crippen LogP contribution is -2.80. The van der Waals surface area contributed by atoms with Crippen molar-refractivity contribution in [1.82, 2.24) is 14.9 Å². The molecule has 1 saturated carbocycles. The topological polar surface area (TPSA) is 49.0 Å². The molecule has 4 heteroatoms. The van der Waals surface area contributed by atoms with Crippen LogP contribution in [0.4, 0.5) is 0 Å². The third-order valence-corrected chi connectivity index (χ3v) is 6.88. The maximum absolute atomic E-state index is 13.2. The van der Waals surface area contributed by atoms with Crippen molar-refractivity contribution in [1.29, 1.82) is 0 Å². The number of amides is 1. The number of H-pyrrole nitrogens is 1. The predicted octanol–water partition coefficient (Wildman–Crippen LogP) is 3.29. The number of hydrogen-bond acceptors (Lipinski definition) is 2. The first-order valence-corrected chi connectivity index (χ1v) is 9.01. The van der Waals surface area contributed by atoms with E-state index in [1.807, 2.05) is 18.2 Å². The van der Waals surface area contributed by atoms with Gasteiger partial charge in [-0.3, -0.25) is 4.79 Å². The SMILES string of the molecule is C[C@@]12C[C@H]3C1C(Cc1ccccc12)N3C(=O)c1ccc2nc[nH]c2c1. The van der Waals surface area contributed by atoms with Crippen molar-refractivity contribution in [3.8, 4) is 0 Å². The van der Waals surface area contributed by atoms with Gasteiger partial charge in [-0.1, -0.05) is 31.2 Å². The van der Waals surface area contributed by atoms with E-state index in [9.17, 15) is 4.79 Å². The summed E-state index contributed by atoms with van der Waals surface area (Å²) < 4.78 is 0. The zero-order valence-corrected chi connectivity index (χ0v) is 14.1. The van der Waals surface area contributed by atoms with Crippen LogP contribution in [0.15, 0.2) is 48.8 Å². The minimum atomic E-state index is 0.171. The molecule has 1 amide bonds. The molecule has 1 aliphatic heterocycles. The highest BCUT2D eigenvalue weighted by atomic mass is 16.2. The molecule has 124 valence electrons. The second kappa shape index (κ2) is 4.31. The number of hydrogen-bond donors (Lipinski definition) is 1. The van der Waals surface area contributed by atoms with E-state index in [-0.39, 0.29) is 11.3 Å². The molecule has 25 heavy (non-hydrogen) atoms. The van der Waals surface area contributed by atoms with E-state index in [0.29, 0.717) is 18.0 Å². The number of carbonyl (C=O) groups excluding carboxylic acids is 1. The van der Waals surface area contributed by atoms with Crippen LogP contribution in [0.3, 0.4) is 0 Å². The number of carbonyl (C=O) groups is 1. The summed E-state index contributed by atoms with van der Waals surface area (Å²) >= 11 is 0. The lowest BCUT2D eigenvalue weighted by atomic mass is 9.43. The van der Waals surface area contributed by atoms with E-state index in [1.165, 1.54) is 11.1 Å². The number of piperidine rings is 1. The van der Waals surface area contributed by atoms with E-state index >= 15 is 0 Å². The summed E-state index contributed by atoms with van der Waals surface area (Å²) in [5.74, 6) is 0.798. The van der Waals surface area contributed by atoms with Crippen molar-refractivity contribution < 1.29 is 4.79 Å². The van der Waals surface area contributed by atoms with Crippen LogP contribution < -0.4 is 0 Å². The van der Waals surface area contributed by atoms with Crippen LogP contribution in [-0.4, -0.2) is 32.9 Å². The molecular formula is C21H19N3O. The Morgan fingerprint density at radius 2 is 2.12 bits per heavy atom. The van der Waals surface area contributed by atoms with Crippen molar-refractivity contribution in [2.24, 2.45) is 5.92 Å². The first kappa shape index (κ1) is 13.6. The summed E-state index contributed by atoms with van der Waals surface area (Å²) in [6.07, 6.45) is 3.75. The number of fused-ring (bicyclic) bond motifs is 3. The average Bonchev–Trinajstić information content (AvgIpc) is 3.06. The van der Waals surface area contributed by atoms with E-state index in [1.54, 1.807) is 6.33 Å². The lowest BCUT2D eigenvalue weighted by molar-refractivity contribution is -0.155. The molecule has 4 atom stereocenters. The van der Waals surface area contributed by atoms with Crippen molar-refractivity contribution in [3.63, 3.8) is 0 Å². The van der Waals surface area contributed by atoms with Crippen LogP contribution in [0.2, 0.25) is 0 Å². The largest absolute Gasteiger partial charge is 0.345 e. The number of aromatic amines is 1. The Hall–Kier alpha value is -2.62. The summed E-state index contributed by atoms with van der Waals surface area (Å²) in [6.45, 7) is 2.39. The summed E-state index contributed by atoms with van der Waals surface area (Å²) in [4.78, 5) is 22.7. The second-order valence-corrected chi connectivity index (χ2v) is 7.99. The number of imidazole rings is 1. The van der Waals surface area contributed by atoms with Gasteiger partial charge < -0.3 is 9.88 Å². The molecule has 1 saturated heterocycles. The lowest BCUT2D eigenvalue weighted by Gasteiger charge is -2.72. The number of likely N-dealkylation sites (tertiary alicyclic amines) is 1. The van der Waals surface area contributed by atoms with E-state index < -0.39 is 0 Å². The maximum Gasteiger partial charge on any atom is 0.254 e. The van der Waals surface area contributed by atoms with Crippen LogP contribution in [0.5, 0.6) is 0 Å². The Morgan fingerprint density at radius 1 is 1.24 bits per heavy atom. The summed E-state index contributed by atoms with van der Waals surface area (Å²) in [5, 5.41) is 0. The smallest absolute Gasteiger partial charge is 0.254 e. The van der Waals surface area contributed by atoms with Gasteiger partial charge >= 0.3 is 0 Å². The molecule has 6 rings (SSSR count). The maximum atomic E-state index is 13.2. The molecule has 0 spiro atoms. The van der Waals surface area contributed by atoms with Gasteiger partial charge in [0.2, 0.25) is 0 Å². The molecule has 2 fully saturated rings. The number of benzene rings is 2. The highest BCUT2D eigenvalue weighted by Gasteiger charge is 2.68.